The largest absolute Gasteiger partial charge is 0.504 e. The van der Waals surface area contributed by atoms with Gasteiger partial charge in [0, 0.05) is 24.3 Å². The summed E-state index contributed by atoms with van der Waals surface area (Å²) in [6.07, 6.45) is 2.75. The highest BCUT2D eigenvalue weighted by atomic mass is 16.5. The van der Waals surface area contributed by atoms with E-state index in [-0.39, 0.29) is 35.9 Å². The molecule has 0 spiro atoms. The van der Waals surface area contributed by atoms with Gasteiger partial charge in [-0.3, -0.25) is 14.4 Å². The molecular weight excluding hydrogens is 803 g/mol. The normalized spacial score (nSPS) is 11.6. The Morgan fingerprint density at radius 3 is 1.62 bits per heavy atom. The molecular formula is C54H49N3O7. The lowest BCUT2D eigenvalue weighted by atomic mass is 9.77. The van der Waals surface area contributed by atoms with Gasteiger partial charge in [0.05, 0.1) is 7.11 Å². The van der Waals surface area contributed by atoms with E-state index in [0.29, 0.717) is 30.3 Å². The van der Waals surface area contributed by atoms with Crippen molar-refractivity contribution in [3.05, 3.63) is 228 Å². The number of carbonyl (C=O) groups excluding carboxylic acids is 3. The van der Waals surface area contributed by atoms with Crippen LogP contribution in [0.3, 0.4) is 0 Å². The number of hydrogen-bond acceptors (Lipinski definition) is 7. The Morgan fingerprint density at radius 2 is 1.11 bits per heavy atom. The highest BCUT2D eigenvalue weighted by Crippen LogP contribution is 2.37. The van der Waals surface area contributed by atoms with Crippen molar-refractivity contribution >= 4 is 29.5 Å². The molecule has 0 aliphatic heterocycles. The number of anilines is 1. The Kier molecular flexibility index (Phi) is 14.8. The molecule has 0 aliphatic carbocycles. The lowest BCUT2D eigenvalue weighted by molar-refractivity contribution is -0.125. The van der Waals surface area contributed by atoms with Crippen LogP contribution < -0.4 is 30.2 Å². The second-order valence-electron chi connectivity index (χ2n) is 15.0. The molecule has 10 nitrogen and oxygen atoms in total. The van der Waals surface area contributed by atoms with Crippen LogP contribution in [0.2, 0.25) is 0 Å². The Morgan fingerprint density at radius 1 is 0.609 bits per heavy atom. The second kappa shape index (κ2) is 21.6. The van der Waals surface area contributed by atoms with Gasteiger partial charge in [0.25, 0.3) is 0 Å². The summed E-state index contributed by atoms with van der Waals surface area (Å²) in [6, 6.07) is 57.4. The zero-order valence-electron chi connectivity index (χ0n) is 35.4. The van der Waals surface area contributed by atoms with Crippen LogP contribution >= 0.6 is 0 Å². The summed E-state index contributed by atoms with van der Waals surface area (Å²) in [6.45, 7) is 0.638. The molecule has 0 aromatic heterocycles. The van der Waals surface area contributed by atoms with E-state index in [1.165, 1.54) is 25.3 Å². The first-order valence-corrected chi connectivity index (χ1v) is 20.9. The van der Waals surface area contributed by atoms with Gasteiger partial charge in [0.1, 0.15) is 24.8 Å². The van der Waals surface area contributed by atoms with E-state index in [1.807, 2.05) is 158 Å². The van der Waals surface area contributed by atoms with Crippen molar-refractivity contribution in [2.24, 2.45) is 0 Å². The number of phenolic OH excluding ortho intramolecular Hbond substituents is 1. The molecule has 7 aromatic rings. The van der Waals surface area contributed by atoms with Gasteiger partial charge in [0.15, 0.2) is 23.0 Å². The van der Waals surface area contributed by atoms with Gasteiger partial charge in [-0.2, -0.15) is 0 Å². The van der Waals surface area contributed by atoms with E-state index in [2.05, 4.69) is 16.0 Å². The van der Waals surface area contributed by atoms with Gasteiger partial charge < -0.3 is 35.3 Å². The van der Waals surface area contributed by atoms with Crippen molar-refractivity contribution in [2.75, 3.05) is 12.4 Å². The first-order chi connectivity index (χ1) is 31.3. The van der Waals surface area contributed by atoms with Crippen molar-refractivity contribution in [3.63, 3.8) is 0 Å². The molecule has 0 bridgehead atoms. The maximum Gasteiger partial charge on any atom is 0.246 e. The van der Waals surface area contributed by atoms with E-state index in [4.69, 9.17) is 14.2 Å². The molecule has 0 saturated heterocycles. The standard InChI is InChI=1S/C54H49N3O7/c1-62-48-32-29-45(36-47(48)58)55-53(61)46(30-34-52(60)57-54(42-21-11-4-12-22-42,43-23-13-5-14-24-43)44-25-15-6-16-26-44)56-51(59)33-28-39-27-31-49(63-37-40-17-7-2-8-18-40)50(35-39)64-38-41-19-9-3-10-20-41/h2-29,31-33,35-36,46,58H,30,34,37-38H2,1H3,(H,55,61)(H,56,59)(H,57,60)/b33-28+/t46-/m0/s1. The Hall–Kier alpha value is -8.11. The number of carbonyl (C=O) groups is 3. The fourth-order valence-electron chi connectivity index (χ4n) is 7.32. The van der Waals surface area contributed by atoms with Gasteiger partial charge >= 0.3 is 0 Å². The Labute approximate surface area is 373 Å². The number of aromatic hydroxyl groups is 1. The van der Waals surface area contributed by atoms with Crippen LogP contribution in [-0.2, 0) is 33.1 Å². The number of phenols is 1. The maximum absolute atomic E-state index is 14.3. The van der Waals surface area contributed by atoms with Crippen LogP contribution in [0.5, 0.6) is 23.0 Å². The fourth-order valence-corrected chi connectivity index (χ4v) is 7.32. The highest BCUT2D eigenvalue weighted by molar-refractivity contribution is 6.00. The van der Waals surface area contributed by atoms with Crippen LogP contribution in [0.15, 0.2) is 194 Å². The number of ether oxygens (including phenoxy) is 3. The smallest absolute Gasteiger partial charge is 0.246 e. The molecule has 322 valence electrons. The van der Waals surface area contributed by atoms with Crippen molar-refractivity contribution < 1.29 is 33.7 Å². The van der Waals surface area contributed by atoms with Crippen LogP contribution in [-0.4, -0.2) is 36.0 Å². The number of nitrogens with one attached hydrogen (secondary N) is 3. The minimum Gasteiger partial charge on any atom is -0.504 e. The third-order valence-electron chi connectivity index (χ3n) is 10.6. The molecule has 1 atom stereocenters. The average molecular weight is 852 g/mol. The maximum atomic E-state index is 14.3. The lowest BCUT2D eigenvalue weighted by Crippen LogP contribution is -2.49. The molecule has 4 N–H and O–H groups in total. The summed E-state index contributed by atoms with van der Waals surface area (Å²) in [5.74, 6) is -0.419. The molecule has 7 aromatic carbocycles. The summed E-state index contributed by atoms with van der Waals surface area (Å²) >= 11 is 0. The summed E-state index contributed by atoms with van der Waals surface area (Å²) in [5, 5.41) is 19.3. The first-order valence-electron chi connectivity index (χ1n) is 20.9. The number of hydrogen-bond donors (Lipinski definition) is 4. The minimum absolute atomic E-state index is 0.0568. The average Bonchev–Trinajstić information content (AvgIpc) is 3.34. The second-order valence-corrected chi connectivity index (χ2v) is 15.0. The molecule has 3 amide bonds. The molecule has 7 rings (SSSR count). The minimum atomic E-state index is -1.16. The molecule has 64 heavy (non-hydrogen) atoms. The Balaban J connectivity index is 1.11. The van der Waals surface area contributed by atoms with Gasteiger partial charge in [-0.1, -0.05) is 158 Å². The lowest BCUT2D eigenvalue weighted by Gasteiger charge is -2.37. The van der Waals surface area contributed by atoms with Gasteiger partial charge in [-0.25, -0.2) is 0 Å². The highest BCUT2D eigenvalue weighted by Gasteiger charge is 2.38. The van der Waals surface area contributed by atoms with Crippen LogP contribution in [0.1, 0.15) is 46.2 Å². The van der Waals surface area contributed by atoms with Crippen molar-refractivity contribution in [2.45, 2.75) is 37.6 Å². The third-order valence-corrected chi connectivity index (χ3v) is 10.6. The van der Waals surface area contributed by atoms with E-state index in [0.717, 1.165) is 27.8 Å². The molecule has 0 radical (unpaired) electrons. The monoisotopic (exact) mass is 851 g/mol. The van der Waals surface area contributed by atoms with E-state index in [1.54, 1.807) is 24.3 Å². The number of rotatable bonds is 19. The zero-order chi connectivity index (χ0) is 44.6. The predicted molar refractivity (Wildman–Crippen MR) is 249 cm³/mol. The van der Waals surface area contributed by atoms with Crippen molar-refractivity contribution in [1.29, 1.82) is 0 Å². The van der Waals surface area contributed by atoms with Gasteiger partial charge in [0.2, 0.25) is 17.7 Å². The Bertz CT molecular complexity index is 2550. The van der Waals surface area contributed by atoms with E-state index < -0.39 is 23.4 Å². The SMILES string of the molecule is COc1ccc(NC(=O)[C@H](CCC(=O)NC(c2ccccc2)(c2ccccc2)c2ccccc2)NC(=O)/C=C/c2ccc(OCc3ccccc3)c(OCc3ccccc3)c2)cc1O. The number of benzene rings is 7. The molecule has 0 aliphatic rings. The van der Waals surface area contributed by atoms with Crippen LogP contribution in [0, 0.1) is 0 Å². The van der Waals surface area contributed by atoms with Gasteiger partial charge in [-0.15, -0.1) is 0 Å². The zero-order valence-corrected chi connectivity index (χ0v) is 35.4. The molecule has 0 saturated carbocycles. The summed E-state index contributed by atoms with van der Waals surface area (Å²) < 4.78 is 17.6. The summed E-state index contributed by atoms with van der Waals surface area (Å²) in [4.78, 5) is 41.9. The van der Waals surface area contributed by atoms with E-state index in [9.17, 15) is 19.5 Å². The van der Waals surface area contributed by atoms with E-state index >= 15 is 0 Å². The van der Waals surface area contributed by atoms with Crippen LogP contribution in [0.4, 0.5) is 5.69 Å². The van der Waals surface area contributed by atoms with Crippen molar-refractivity contribution in [3.8, 4) is 23.0 Å². The molecule has 0 fully saturated rings. The summed E-state index contributed by atoms with van der Waals surface area (Å²) in [5.41, 5.74) is 4.36. The van der Waals surface area contributed by atoms with Crippen LogP contribution in [0.25, 0.3) is 6.08 Å². The first kappa shape index (κ1) is 44.0. The molecule has 10 heteroatoms. The van der Waals surface area contributed by atoms with Gasteiger partial charge in [-0.05, 0) is 70.1 Å². The summed E-state index contributed by atoms with van der Waals surface area (Å²) in [7, 11) is 1.42. The fraction of sp³-hybridized carbons (Fsp3) is 0.130. The number of amides is 3. The molecule has 0 unspecified atom stereocenters. The number of methoxy groups -OCH3 is 1. The topological polar surface area (TPSA) is 135 Å². The molecule has 0 heterocycles. The quantitative estimate of drug-likeness (QED) is 0.0470. The third kappa shape index (κ3) is 11.4. The van der Waals surface area contributed by atoms with Crippen molar-refractivity contribution in [1.82, 2.24) is 10.6 Å². The predicted octanol–water partition coefficient (Wildman–Crippen LogP) is 9.58.